The number of benzene rings is 1. The molecule has 116 valence electrons. The molecule has 0 unspecified atom stereocenters. The van der Waals surface area contributed by atoms with Crippen molar-refractivity contribution in [1.82, 2.24) is 4.90 Å². The first-order chi connectivity index (χ1) is 10.6. The Morgan fingerprint density at radius 2 is 1.95 bits per heavy atom. The fraction of sp³-hybridized carbons (Fsp3) is 0.333. The third kappa shape index (κ3) is 2.95. The van der Waals surface area contributed by atoms with Gasteiger partial charge in [0.1, 0.15) is 11.3 Å². The van der Waals surface area contributed by atoms with Crippen LogP contribution < -0.4 is 11.1 Å². The number of carbonyl (C=O) groups is 2. The van der Waals surface area contributed by atoms with Crippen molar-refractivity contribution in [3.05, 3.63) is 30.0 Å². The summed E-state index contributed by atoms with van der Waals surface area (Å²) in [5.41, 5.74) is 6.17. The number of morpholine rings is 1. The van der Waals surface area contributed by atoms with Gasteiger partial charge in [0.25, 0.3) is 5.91 Å². The van der Waals surface area contributed by atoms with E-state index in [9.17, 15) is 9.59 Å². The van der Waals surface area contributed by atoms with Gasteiger partial charge in [0.05, 0.1) is 19.8 Å². The lowest BCUT2D eigenvalue weighted by atomic mass is 10.2. The minimum Gasteiger partial charge on any atom is -0.449 e. The fourth-order valence-electron chi connectivity index (χ4n) is 2.48. The Morgan fingerprint density at radius 1 is 1.23 bits per heavy atom. The zero-order valence-electron chi connectivity index (χ0n) is 12.0. The molecule has 22 heavy (non-hydrogen) atoms. The largest absolute Gasteiger partial charge is 0.449 e. The molecule has 1 aromatic carbocycles. The number of ether oxygens (including phenoxy) is 1. The van der Waals surface area contributed by atoms with E-state index in [1.54, 1.807) is 24.3 Å². The lowest BCUT2D eigenvalue weighted by Crippen LogP contribution is -2.41. The van der Waals surface area contributed by atoms with Crippen LogP contribution in [0.5, 0.6) is 0 Å². The van der Waals surface area contributed by atoms with Gasteiger partial charge in [-0.05, 0) is 12.1 Å². The van der Waals surface area contributed by atoms with Crippen molar-refractivity contribution in [1.29, 1.82) is 0 Å². The van der Waals surface area contributed by atoms with Gasteiger partial charge in [-0.1, -0.05) is 12.1 Å². The van der Waals surface area contributed by atoms with Gasteiger partial charge >= 0.3 is 0 Å². The summed E-state index contributed by atoms with van der Waals surface area (Å²) in [7, 11) is 0. The first-order valence-electron chi connectivity index (χ1n) is 7.06. The van der Waals surface area contributed by atoms with Crippen molar-refractivity contribution < 1.29 is 18.7 Å². The monoisotopic (exact) mass is 303 g/mol. The van der Waals surface area contributed by atoms with E-state index in [0.29, 0.717) is 43.0 Å². The van der Waals surface area contributed by atoms with E-state index in [2.05, 4.69) is 5.32 Å². The predicted octanol–water partition coefficient (Wildman–Crippen LogP) is 0.802. The van der Waals surface area contributed by atoms with E-state index in [4.69, 9.17) is 14.9 Å². The summed E-state index contributed by atoms with van der Waals surface area (Å²) < 4.78 is 10.7. The highest BCUT2D eigenvalue weighted by atomic mass is 16.5. The van der Waals surface area contributed by atoms with Gasteiger partial charge in [0.15, 0.2) is 0 Å². The Morgan fingerprint density at radius 3 is 2.68 bits per heavy atom. The Balaban J connectivity index is 1.81. The Kier molecular flexibility index (Phi) is 4.08. The second-order valence-corrected chi connectivity index (χ2v) is 5.10. The molecule has 3 rings (SSSR count). The molecular formula is C15H17N3O4. The van der Waals surface area contributed by atoms with E-state index in [1.807, 2.05) is 4.90 Å². The molecule has 1 saturated heterocycles. The normalized spacial score (nSPS) is 15.8. The maximum absolute atomic E-state index is 12.2. The van der Waals surface area contributed by atoms with Crippen LogP contribution in [0.2, 0.25) is 0 Å². The van der Waals surface area contributed by atoms with Gasteiger partial charge in [-0.3, -0.25) is 14.5 Å². The van der Waals surface area contributed by atoms with Crippen LogP contribution in [0.15, 0.2) is 28.7 Å². The topological polar surface area (TPSA) is 97.8 Å². The number of hydrogen-bond donors (Lipinski definition) is 2. The predicted molar refractivity (Wildman–Crippen MR) is 80.6 cm³/mol. The maximum Gasteiger partial charge on any atom is 0.286 e. The van der Waals surface area contributed by atoms with E-state index in [1.165, 1.54) is 0 Å². The SMILES string of the molecule is NC(=O)c1oc2ccccc2c1NC(=O)CN1CCOCC1. The minimum absolute atomic E-state index is 0.0310. The number of fused-ring (bicyclic) bond motifs is 1. The first kappa shape index (κ1) is 14.6. The maximum atomic E-state index is 12.2. The first-order valence-corrected chi connectivity index (χ1v) is 7.06. The van der Waals surface area contributed by atoms with Gasteiger partial charge < -0.3 is 20.2 Å². The Labute approximate surface area is 127 Å². The molecule has 1 aromatic heterocycles. The molecule has 7 nitrogen and oxygen atoms in total. The van der Waals surface area contributed by atoms with Crippen molar-refractivity contribution in [3.8, 4) is 0 Å². The van der Waals surface area contributed by atoms with E-state index in [-0.39, 0.29) is 18.2 Å². The van der Waals surface area contributed by atoms with Crippen LogP contribution in [0.3, 0.4) is 0 Å². The molecule has 2 heterocycles. The highest BCUT2D eigenvalue weighted by molar-refractivity contribution is 6.10. The number of primary amides is 1. The third-order valence-electron chi connectivity index (χ3n) is 3.55. The standard InChI is InChI=1S/C15H17N3O4/c16-15(20)14-13(10-3-1-2-4-11(10)22-14)17-12(19)9-18-5-7-21-8-6-18/h1-4H,5-9H2,(H2,16,20)(H,17,19). The summed E-state index contributed by atoms with van der Waals surface area (Å²) in [6.07, 6.45) is 0. The summed E-state index contributed by atoms with van der Waals surface area (Å²) >= 11 is 0. The lowest BCUT2D eigenvalue weighted by Gasteiger charge is -2.25. The number of anilines is 1. The highest BCUT2D eigenvalue weighted by Crippen LogP contribution is 2.30. The quantitative estimate of drug-likeness (QED) is 0.870. The molecule has 0 atom stereocenters. The van der Waals surface area contributed by atoms with E-state index < -0.39 is 5.91 Å². The summed E-state index contributed by atoms with van der Waals surface area (Å²) in [4.78, 5) is 25.7. The zero-order valence-corrected chi connectivity index (χ0v) is 12.0. The second kappa shape index (κ2) is 6.17. The van der Waals surface area contributed by atoms with Crippen molar-refractivity contribution in [2.45, 2.75) is 0 Å². The molecule has 0 aliphatic carbocycles. The smallest absolute Gasteiger partial charge is 0.286 e. The molecule has 1 aliphatic heterocycles. The number of furan rings is 1. The third-order valence-corrected chi connectivity index (χ3v) is 3.55. The molecule has 0 radical (unpaired) electrons. The summed E-state index contributed by atoms with van der Waals surface area (Å²) in [5.74, 6) is -0.953. The van der Waals surface area contributed by atoms with E-state index >= 15 is 0 Å². The van der Waals surface area contributed by atoms with Crippen LogP contribution in [0.25, 0.3) is 11.0 Å². The molecule has 2 amide bonds. The van der Waals surface area contributed by atoms with Crippen LogP contribution in [0.1, 0.15) is 10.6 Å². The Bertz CT molecular complexity index is 704. The van der Waals surface area contributed by atoms with Crippen LogP contribution in [0, 0.1) is 0 Å². The second-order valence-electron chi connectivity index (χ2n) is 5.10. The zero-order chi connectivity index (χ0) is 15.5. The molecule has 0 spiro atoms. The number of carbonyl (C=O) groups excluding carboxylic acids is 2. The molecule has 7 heteroatoms. The number of nitrogens with zero attached hydrogens (tertiary/aromatic N) is 1. The number of nitrogens with one attached hydrogen (secondary N) is 1. The summed E-state index contributed by atoms with van der Waals surface area (Å²) in [6, 6.07) is 7.09. The van der Waals surface area contributed by atoms with Crippen molar-refractivity contribution in [2.24, 2.45) is 5.73 Å². The lowest BCUT2D eigenvalue weighted by molar-refractivity contribution is -0.118. The molecule has 0 saturated carbocycles. The van der Waals surface area contributed by atoms with E-state index in [0.717, 1.165) is 0 Å². The number of hydrogen-bond acceptors (Lipinski definition) is 5. The Hall–Kier alpha value is -2.38. The average molecular weight is 303 g/mol. The molecule has 1 aliphatic rings. The minimum atomic E-state index is -0.710. The molecule has 2 aromatic rings. The van der Waals surface area contributed by atoms with Gasteiger partial charge in [-0.15, -0.1) is 0 Å². The van der Waals surface area contributed by atoms with Crippen LogP contribution >= 0.6 is 0 Å². The van der Waals surface area contributed by atoms with Crippen LogP contribution in [0.4, 0.5) is 5.69 Å². The molecular weight excluding hydrogens is 286 g/mol. The number of nitrogens with two attached hydrogens (primary N) is 1. The van der Waals surface area contributed by atoms with Gasteiger partial charge in [-0.2, -0.15) is 0 Å². The summed E-state index contributed by atoms with van der Waals surface area (Å²) in [5, 5.41) is 3.41. The number of rotatable bonds is 4. The fourth-order valence-corrected chi connectivity index (χ4v) is 2.48. The van der Waals surface area contributed by atoms with Crippen LogP contribution in [-0.2, 0) is 9.53 Å². The number of amides is 2. The highest BCUT2D eigenvalue weighted by Gasteiger charge is 2.21. The van der Waals surface area contributed by atoms with Gasteiger partial charge in [0, 0.05) is 18.5 Å². The average Bonchev–Trinajstić information content (AvgIpc) is 2.87. The van der Waals surface area contributed by atoms with Crippen molar-refractivity contribution in [3.63, 3.8) is 0 Å². The molecule has 0 bridgehead atoms. The molecule has 3 N–H and O–H groups in total. The summed E-state index contributed by atoms with van der Waals surface area (Å²) in [6.45, 7) is 2.90. The van der Waals surface area contributed by atoms with Gasteiger partial charge in [0.2, 0.25) is 11.7 Å². The van der Waals surface area contributed by atoms with Gasteiger partial charge in [-0.25, -0.2) is 0 Å². The van der Waals surface area contributed by atoms with Crippen molar-refractivity contribution >= 4 is 28.5 Å². The molecule has 1 fully saturated rings. The van der Waals surface area contributed by atoms with Crippen molar-refractivity contribution in [2.75, 3.05) is 38.2 Å². The number of para-hydroxylation sites is 1. The van der Waals surface area contributed by atoms with Crippen LogP contribution in [-0.4, -0.2) is 49.6 Å².